The van der Waals surface area contributed by atoms with Crippen molar-refractivity contribution in [3.8, 4) is 0 Å². The van der Waals surface area contributed by atoms with Crippen molar-refractivity contribution in [2.24, 2.45) is 5.73 Å². The van der Waals surface area contributed by atoms with E-state index in [0.717, 1.165) is 5.56 Å². The van der Waals surface area contributed by atoms with Gasteiger partial charge in [0, 0.05) is 12.0 Å². The lowest BCUT2D eigenvalue weighted by Gasteiger charge is -2.25. The van der Waals surface area contributed by atoms with Gasteiger partial charge in [-0.2, -0.15) is 0 Å². The van der Waals surface area contributed by atoms with Gasteiger partial charge in [0.2, 0.25) is 5.91 Å². The molecule has 0 aliphatic rings. The molecule has 3 nitrogen and oxygen atoms in total. The molecule has 1 aromatic rings. The maximum atomic E-state index is 13.0. The Balaban J connectivity index is 2.81. The summed E-state index contributed by atoms with van der Waals surface area (Å²) in [6, 6.07) is 4.56. The quantitative estimate of drug-likeness (QED) is 0.866. The molecular formula is C12H16ClFN2O. The summed E-state index contributed by atoms with van der Waals surface area (Å²) in [5, 5.41) is 2.79. The Bertz CT molecular complexity index is 421. The van der Waals surface area contributed by atoms with E-state index >= 15 is 0 Å². The molecule has 0 saturated heterocycles. The first-order valence-corrected chi connectivity index (χ1v) is 5.67. The minimum Gasteiger partial charge on any atom is -0.354 e. The number of nitrogens with two attached hydrogens (primary N) is 1. The molecule has 0 unspecified atom stereocenters. The fourth-order valence-corrected chi connectivity index (χ4v) is 1.59. The van der Waals surface area contributed by atoms with E-state index in [1.165, 1.54) is 6.07 Å². The van der Waals surface area contributed by atoms with Crippen LogP contribution < -0.4 is 11.1 Å². The van der Waals surface area contributed by atoms with Gasteiger partial charge < -0.3 is 11.1 Å². The van der Waals surface area contributed by atoms with Crippen LogP contribution in [0.3, 0.4) is 0 Å². The standard InChI is InChI=1S/C12H16ClFN2O/c1-12(2,7-16-11(17)6-15)8-3-4-10(14)9(13)5-8/h3-5H,6-7,15H2,1-2H3,(H,16,17). The SMILES string of the molecule is CC(C)(CNC(=O)CN)c1ccc(F)c(Cl)c1. The predicted octanol–water partition coefficient (Wildman–Crippen LogP) is 1.83. The molecule has 0 aliphatic heterocycles. The average molecular weight is 259 g/mol. The summed E-state index contributed by atoms with van der Waals surface area (Å²) in [6.45, 7) is 4.26. The van der Waals surface area contributed by atoms with Crippen LogP contribution in [0.4, 0.5) is 4.39 Å². The number of carbonyl (C=O) groups excluding carboxylic acids is 1. The van der Waals surface area contributed by atoms with Crippen LogP contribution in [-0.2, 0) is 10.2 Å². The summed E-state index contributed by atoms with van der Waals surface area (Å²) in [4.78, 5) is 11.1. The van der Waals surface area contributed by atoms with Gasteiger partial charge in [-0.25, -0.2) is 4.39 Å². The summed E-state index contributed by atoms with van der Waals surface area (Å²) in [5.74, 6) is -0.663. The van der Waals surface area contributed by atoms with E-state index in [1.807, 2.05) is 13.8 Å². The van der Waals surface area contributed by atoms with E-state index in [9.17, 15) is 9.18 Å². The molecule has 0 saturated carbocycles. The lowest BCUT2D eigenvalue weighted by atomic mass is 9.84. The van der Waals surface area contributed by atoms with Crippen molar-refractivity contribution >= 4 is 17.5 Å². The molecule has 0 atom stereocenters. The van der Waals surface area contributed by atoms with Crippen molar-refractivity contribution in [1.82, 2.24) is 5.32 Å². The van der Waals surface area contributed by atoms with Crippen molar-refractivity contribution in [3.63, 3.8) is 0 Å². The Kier molecular flexibility index (Phi) is 4.48. The number of carbonyl (C=O) groups is 1. The summed E-state index contributed by atoms with van der Waals surface area (Å²) in [6.07, 6.45) is 0. The highest BCUT2D eigenvalue weighted by molar-refractivity contribution is 6.30. The van der Waals surface area contributed by atoms with Gasteiger partial charge >= 0.3 is 0 Å². The largest absolute Gasteiger partial charge is 0.354 e. The van der Waals surface area contributed by atoms with Gasteiger partial charge in [0.05, 0.1) is 11.6 Å². The number of amides is 1. The van der Waals surface area contributed by atoms with Crippen LogP contribution in [0.1, 0.15) is 19.4 Å². The van der Waals surface area contributed by atoms with Crippen LogP contribution in [0, 0.1) is 5.82 Å². The van der Waals surface area contributed by atoms with Crippen LogP contribution in [0.25, 0.3) is 0 Å². The number of benzene rings is 1. The zero-order chi connectivity index (χ0) is 13.1. The summed E-state index contributed by atoms with van der Waals surface area (Å²) in [5.41, 5.74) is 5.73. The zero-order valence-electron chi connectivity index (χ0n) is 9.89. The van der Waals surface area contributed by atoms with Crippen molar-refractivity contribution in [2.75, 3.05) is 13.1 Å². The molecule has 1 rings (SSSR count). The highest BCUT2D eigenvalue weighted by Crippen LogP contribution is 2.26. The van der Waals surface area contributed by atoms with E-state index in [2.05, 4.69) is 5.32 Å². The molecule has 1 amide bonds. The molecule has 0 spiro atoms. The number of rotatable bonds is 4. The minimum atomic E-state index is -0.447. The van der Waals surface area contributed by atoms with Gasteiger partial charge in [-0.15, -0.1) is 0 Å². The summed E-state index contributed by atoms with van der Waals surface area (Å²) in [7, 11) is 0. The zero-order valence-corrected chi connectivity index (χ0v) is 10.6. The van der Waals surface area contributed by atoms with Gasteiger partial charge in [0.25, 0.3) is 0 Å². The average Bonchev–Trinajstić information content (AvgIpc) is 2.29. The second-order valence-electron chi connectivity index (χ2n) is 4.49. The van der Waals surface area contributed by atoms with E-state index in [4.69, 9.17) is 17.3 Å². The van der Waals surface area contributed by atoms with E-state index in [-0.39, 0.29) is 22.9 Å². The van der Waals surface area contributed by atoms with E-state index in [1.54, 1.807) is 12.1 Å². The lowest BCUT2D eigenvalue weighted by molar-refractivity contribution is -0.119. The first kappa shape index (κ1) is 13.9. The Morgan fingerprint density at radius 3 is 2.71 bits per heavy atom. The Morgan fingerprint density at radius 2 is 2.18 bits per heavy atom. The molecule has 3 N–H and O–H groups in total. The molecule has 0 bridgehead atoms. The van der Waals surface area contributed by atoms with Crippen molar-refractivity contribution < 1.29 is 9.18 Å². The topological polar surface area (TPSA) is 55.1 Å². The van der Waals surface area contributed by atoms with Gasteiger partial charge in [0.1, 0.15) is 5.82 Å². The van der Waals surface area contributed by atoms with Crippen molar-refractivity contribution in [3.05, 3.63) is 34.6 Å². The van der Waals surface area contributed by atoms with Gasteiger partial charge in [-0.3, -0.25) is 4.79 Å². The first-order chi connectivity index (χ1) is 7.86. The third-order valence-electron chi connectivity index (χ3n) is 2.61. The fraction of sp³-hybridized carbons (Fsp3) is 0.417. The monoisotopic (exact) mass is 258 g/mol. The van der Waals surface area contributed by atoms with Crippen LogP contribution in [0.2, 0.25) is 5.02 Å². The van der Waals surface area contributed by atoms with Crippen LogP contribution in [0.15, 0.2) is 18.2 Å². The lowest BCUT2D eigenvalue weighted by Crippen LogP contribution is -2.39. The Hall–Kier alpha value is -1.13. The summed E-state index contributed by atoms with van der Waals surface area (Å²) < 4.78 is 13.0. The Morgan fingerprint density at radius 1 is 1.53 bits per heavy atom. The molecule has 1 aromatic carbocycles. The van der Waals surface area contributed by atoms with Crippen molar-refractivity contribution in [2.45, 2.75) is 19.3 Å². The number of halogens is 2. The fourth-order valence-electron chi connectivity index (χ4n) is 1.41. The molecule has 17 heavy (non-hydrogen) atoms. The number of hydrogen-bond acceptors (Lipinski definition) is 2. The van der Waals surface area contributed by atoms with Gasteiger partial charge in [-0.1, -0.05) is 31.5 Å². The minimum absolute atomic E-state index is 0.0414. The molecule has 0 fully saturated rings. The maximum absolute atomic E-state index is 13.0. The molecule has 94 valence electrons. The van der Waals surface area contributed by atoms with E-state index < -0.39 is 5.82 Å². The predicted molar refractivity (Wildman–Crippen MR) is 66.5 cm³/mol. The van der Waals surface area contributed by atoms with Gasteiger partial charge in [0.15, 0.2) is 0 Å². The highest BCUT2D eigenvalue weighted by atomic mass is 35.5. The van der Waals surface area contributed by atoms with Crippen LogP contribution in [-0.4, -0.2) is 19.0 Å². The Labute approximate surface area is 105 Å². The van der Waals surface area contributed by atoms with Crippen LogP contribution >= 0.6 is 11.6 Å². The maximum Gasteiger partial charge on any atom is 0.233 e. The molecule has 0 heterocycles. The molecule has 5 heteroatoms. The molecule has 0 aliphatic carbocycles. The summed E-state index contributed by atoms with van der Waals surface area (Å²) >= 11 is 5.73. The molecule has 0 aromatic heterocycles. The first-order valence-electron chi connectivity index (χ1n) is 5.29. The molecular weight excluding hydrogens is 243 g/mol. The second kappa shape index (κ2) is 5.47. The molecule has 0 radical (unpaired) electrons. The number of nitrogens with one attached hydrogen (secondary N) is 1. The van der Waals surface area contributed by atoms with E-state index in [0.29, 0.717) is 6.54 Å². The highest BCUT2D eigenvalue weighted by Gasteiger charge is 2.22. The number of hydrogen-bond donors (Lipinski definition) is 2. The van der Waals surface area contributed by atoms with Crippen molar-refractivity contribution in [1.29, 1.82) is 0 Å². The second-order valence-corrected chi connectivity index (χ2v) is 4.90. The third-order valence-corrected chi connectivity index (χ3v) is 2.90. The smallest absolute Gasteiger partial charge is 0.233 e. The normalized spacial score (nSPS) is 11.4. The third kappa shape index (κ3) is 3.68. The van der Waals surface area contributed by atoms with Crippen LogP contribution in [0.5, 0.6) is 0 Å². The van der Waals surface area contributed by atoms with Gasteiger partial charge in [-0.05, 0) is 17.7 Å².